The van der Waals surface area contributed by atoms with E-state index in [4.69, 9.17) is 16.3 Å². The smallest absolute Gasteiger partial charge is 0.262 e. The number of anilines is 2. The first-order valence-corrected chi connectivity index (χ1v) is 10.6. The number of amides is 2. The lowest BCUT2D eigenvalue weighted by Crippen LogP contribution is -2.48. The van der Waals surface area contributed by atoms with Gasteiger partial charge in [-0.05, 0) is 55.3 Å². The average molecular weight is 430 g/mol. The van der Waals surface area contributed by atoms with Crippen molar-refractivity contribution < 1.29 is 14.3 Å². The Morgan fingerprint density at radius 3 is 2.43 bits per heavy atom. The number of hydrogen-bond donors (Lipinski definition) is 1. The Morgan fingerprint density at radius 1 is 1.03 bits per heavy atom. The molecule has 7 heteroatoms. The molecule has 6 nitrogen and oxygen atoms in total. The highest BCUT2D eigenvalue weighted by atomic mass is 35.5. The maximum absolute atomic E-state index is 12.5. The molecule has 1 heterocycles. The number of ether oxygens (including phenoxy) is 1. The van der Waals surface area contributed by atoms with Crippen LogP contribution in [0.1, 0.15) is 24.5 Å². The molecule has 0 spiro atoms. The number of hydrogen-bond acceptors (Lipinski definition) is 4. The maximum Gasteiger partial charge on any atom is 0.262 e. The van der Waals surface area contributed by atoms with E-state index in [-0.39, 0.29) is 18.4 Å². The van der Waals surface area contributed by atoms with Gasteiger partial charge in [0.2, 0.25) is 5.91 Å². The van der Waals surface area contributed by atoms with Crippen LogP contribution >= 0.6 is 11.6 Å². The van der Waals surface area contributed by atoms with E-state index in [0.29, 0.717) is 49.1 Å². The summed E-state index contributed by atoms with van der Waals surface area (Å²) in [6, 6.07) is 11.2. The molecule has 2 aromatic rings. The van der Waals surface area contributed by atoms with E-state index < -0.39 is 0 Å². The molecular weight excluding hydrogens is 402 g/mol. The van der Waals surface area contributed by atoms with Crippen LogP contribution in [0.2, 0.25) is 5.02 Å². The number of nitrogens with one attached hydrogen (secondary N) is 1. The molecule has 2 aromatic carbocycles. The van der Waals surface area contributed by atoms with Crippen molar-refractivity contribution in [3.8, 4) is 5.75 Å². The quantitative estimate of drug-likeness (QED) is 0.753. The van der Waals surface area contributed by atoms with Crippen LogP contribution in [0.5, 0.6) is 5.75 Å². The van der Waals surface area contributed by atoms with Crippen LogP contribution in [0.15, 0.2) is 36.4 Å². The number of halogens is 1. The van der Waals surface area contributed by atoms with E-state index in [0.717, 1.165) is 11.3 Å². The molecule has 1 aliphatic heterocycles. The first-order chi connectivity index (χ1) is 14.4. The SMILES string of the molecule is CCC(=O)N1CCN(c2ccc(Cl)cc2NC(=O)COc2ccc(C)c(C)c2)CC1. The van der Waals surface area contributed by atoms with Crippen LogP contribution in [0, 0.1) is 13.8 Å². The minimum Gasteiger partial charge on any atom is -0.484 e. The maximum atomic E-state index is 12.5. The van der Waals surface area contributed by atoms with Gasteiger partial charge in [0.15, 0.2) is 6.61 Å². The molecule has 0 aliphatic carbocycles. The zero-order chi connectivity index (χ0) is 21.7. The first-order valence-electron chi connectivity index (χ1n) is 10.2. The Morgan fingerprint density at radius 2 is 1.77 bits per heavy atom. The predicted octanol–water partition coefficient (Wildman–Crippen LogP) is 4.03. The van der Waals surface area contributed by atoms with Crippen molar-refractivity contribution in [1.82, 2.24) is 4.90 Å². The van der Waals surface area contributed by atoms with Crippen LogP contribution < -0.4 is 15.0 Å². The minimum atomic E-state index is -0.253. The van der Waals surface area contributed by atoms with E-state index in [1.807, 2.05) is 56.0 Å². The highest BCUT2D eigenvalue weighted by molar-refractivity contribution is 6.31. The van der Waals surface area contributed by atoms with Crippen LogP contribution in [0.4, 0.5) is 11.4 Å². The summed E-state index contributed by atoms with van der Waals surface area (Å²) in [6.45, 7) is 8.56. The summed E-state index contributed by atoms with van der Waals surface area (Å²) in [4.78, 5) is 28.5. The fourth-order valence-electron chi connectivity index (χ4n) is 3.44. The second-order valence-corrected chi connectivity index (χ2v) is 7.90. The van der Waals surface area contributed by atoms with Gasteiger partial charge in [0.05, 0.1) is 11.4 Å². The topological polar surface area (TPSA) is 61.9 Å². The molecule has 0 radical (unpaired) electrons. The summed E-state index contributed by atoms with van der Waals surface area (Å²) in [5.41, 5.74) is 3.83. The molecule has 1 saturated heterocycles. The first kappa shape index (κ1) is 22.0. The number of aryl methyl sites for hydroxylation is 2. The van der Waals surface area contributed by atoms with Crippen molar-refractivity contribution in [1.29, 1.82) is 0 Å². The van der Waals surface area contributed by atoms with Gasteiger partial charge in [-0.25, -0.2) is 0 Å². The molecule has 0 saturated carbocycles. The largest absolute Gasteiger partial charge is 0.484 e. The predicted molar refractivity (Wildman–Crippen MR) is 121 cm³/mol. The third-order valence-electron chi connectivity index (χ3n) is 5.36. The number of rotatable bonds is 6. The zero-order valence-corrected chi connectivity index (χ0v) is 18.5. The van der Waals surface area contributed by atoms with E-state index in [9.17, 15) is 9.59 Å². The monoisotopic (exact) mass is 429 g/mol. The van der Waals surface area contributed by atoms with Crippen molar-refractivity contribution >= 4 is 34.8 Å². The summed E-state index contributed by atoms with van der Waals surface area (Å²) in [6.07, 6.45) is 0.517. The van der Waals surface area contributed by atoms with E-state index in [1.54, 1.807) is 6.07 Å². The third kappa shape index (κ3) is 5.45. The number of benzene rings is 2. The average Bonchev–Trinajstić information content (AvgIpc) is 2.74. The molecule has 30 heavy (non-hydrogen) atoms. The number of carbonyl (C=O) groups excluding carboxylic acids is 2. The van der Waals surface area contributed by atoms with Crippen LogP contribution in [-0.2, 0) is 9.59 Å². The highest BCUT2D eigenvalue weighted by Gasteiger charge is 2.22. The molecule has 1 N–H and O–H groups in total. The molecule has 0 aromatic heterocycles. The Labute approximate surface area is 182 Å². The van der Waals surface area contributed by atoms with Gasteiger partial charge in [-0.3, -0.25) is 9.59 Å². The van der Waals surface area contributed by atoms with Crippen molar-refractivity contribution in [3.05, 3.63) is 52.5 Å². The lowest BCUT2D eigenvalue weighted by atomic mass is 10.1. The van der Waals surface area contributed by atoms with Crippen LogP contribution in [0.3, 0.4) is 0 Å². The number of piperazine rings is 1. The second kappa shape index (κ2) is 9.85. The zero-order valence-electron chi connectivity index (χ0n) is 17.7. The summed E-state index contributed by atoms with van der Waals surface area (Å²) >= 11 is 6.17. The fourth-order valence-corrected chi connectivity index (χ4v) is 3.62. The van der Waals surface area contributed by atoms with Crippen LogP contribution in [0.25, 0.3) is 0 Å². The van der Waals surface area contributed by atoms with Gasteiger partial charge < -0.3 is 19.9 Å². The van der Waals surface area contributed by atoms with Gasteiger partial charge in [0.1, 0.15) is 5.75 Å². The van der Waals surface area contributed by atoms with Gasteiger partial charge in [0, 0.05) is 37.6 Å². The number of nitrogens with zero attached hydrogens (tertiary/aromatic N) is 2. The van der Waals surface area contributed by atoms with Crippen LogP contribution in [-0.4, -0.2) is 49.5 Å². The lowest BCUT2D eigenvalue weighted by molar-refractivity contribution is -0.131. The number of carbonyl (C=O) groups is 2. The molecule has 0 unspecified atom stereocenters. The fraction of sp³-hybridized carbons (Fsp3) is 0.391. The Hall–Kier alpha value is -2.73. The molecule has 0 atom stereocenters. The van der Waals surface area contributed by atoms with Gasteiger partial charge in [-0.15, -0.1) is 0 Å². The normalized spacial score (nSPS) is 13.9. The molecule has 0 bridgehead atoms. The van der Waals surface area contributed by atoms with Crippen molar-refractivity contribution in [3.63, 3.8) is 0 Å². The van der Waals surface area contributed by atoms with E-state index in [1.165, 1.54) is 5.56 Å². The highest BCUT2D eigenvalue weighted by Crippen LogP contribution is 2.30. The molecule has 160 valence electrons. The van der Waals surface area contributed by atoms with Crippen molar-refractivity contribution in [2.24, 2.45) is 0 Å². The molecule has 3 rings (SSSR count). The van der Waals surface area contributed by atoms with Gasteiger partial charge in [-0.2, -0.15) is 0 Å². The Balaban J connectivity index is 1.64. The van der Waals surface area contributed by atoms with Gasteiger partial charge in [-0.1, -0.05) is 24.6 Å². The third-order valence-corrected chi connectivity index (χ3v) is 5.59. The second-order valence-electron chi connectivity index (χ2n) is 7.47. The standard InChI is InChI=1S/C23H28ClN3O3/c1-4-23(29)27-11-9-26(10-12-27)21-8-6-18(24)14-20(21)25-22(28)15-30-19-7-5-16(2)17(3)13-19/h5-8,13-14H,4,9-12,15H2,1-3H3,(H,25,28). The Kier molecular flexibility index (Phi) is 7.21. The molecule has 2 amide bonds. The van der Waals surface area contributed by atoms with Gasteiger partial charge >= 0.3 is 0 Å². The summed E-state index contributed by atoms with van der Waals surface area (Å²) in [5.74, 6) is 0.579. The van der Waals surface area contributed by atoms with E-state index >= 15 is 0 Å². The minimum absolute atomic E-state index is 0.0900. The Bertz CT molecular complexity index is 924. The molecular formula is C23H28ClN3O3. The molecule has 1 fully saturated rings. The van der Waals surface area contributed by atoms with Gasteiger partial charge in [0.25, 0.3) is 5.91 Å². The summed E-state index contributed by atoms with van der Waals surface area (Å²) in [7, 11) is 0. The summed E-state index contributed by atoms with van der Waals surface area (Å²) < 4.78 is 5.64. The van der Waals surface area contributed by atoms with E-state index in [2.05, 4.69) is 10.2 Å². The molecule has 1 aliphatic rings. The van der Waals surface area contributed by atoms with Crippen molar-refractivity contribution in [2.45, 2.75) is 27.2 Å². The van der Waals surface area contributed by atoms with Crippen molar-refractivity contribution in [2.75, 3.05) is 43.0 Å². The summed E-state index contributed by atoms with van der Waals surface area (Å²) in [5, 5.41) is 3.46. The lowest BCUT2D eigenvalue weighted by Gasteiger charge is -2.37.